The molecule has 9 nitrogen and oxygen atoms in total. The zero-order valence-electron chi connectivity index (χ0n) is 16.2. The van der Waals surface area contributed by atoms with E-state index in [1.54, 1.807) is 7.11 Å². The first-order valence-corrected chi connectivity index (χ1v) is 9.11. The lowest BCUT2D eigenvalue weighted by atomic mass is 9.99. The van der Waals surface area contributed by atoms with Crippen molar-refractivity contribution in [3.05, 3.63) is 0 Å². The van der Waals surface area contributed by atoms with E-state index in [1.807, 2.05) is 0 Å². The zero-order chi connectivity index (χ0) is 21.5. The maximum Gasteiger partial charge on any atom is 0.406 e. The Hall–Kier alpha value is -0.570. The van der Waals surface area contributed by atoms with Crippen molar-refractivity contribution in [1.82, 2.24) is 0 Å². The maximum absolute atomic E-state index is 12.3. The molecule has 0 aromatic rings. The van der Waals surface area contributed by atoms with Gasteiger partial charge in [0, 0.05) is 14.2 Å². The number of hydrogen-bond acceptors (Lipinski definition) is 9. The van der Waals surface area contributed by atoms with Gasteiger partial charge in [-0.1, -0.05) is 0 Å². The van der Waals surface area contributed by atoms with Crippen molar-refractivity contribution in [2.75, 3.05) is 20.8 Å². The van der Waals surface area contributed by atoms with Crippen molar-refractivity contribution in [3.8, 4) is 0 Å². The first kappa shape index (κ1) is 25.5. The minimum absolute atomic E-state index is 0.0731. The van der Waals surface area contributed by atoms with Crippen LogP contribution in [0.3, 0.4) is 0 Å². The van der Waals surface area contributed by atoms with Gasteiger partial charge in [0.15, 0.2) is 12.6 Å². The van der Waals surface area contributed by atoms with Gasteiger partial charge in [-0.25, -0.2) is 0 Å². The van der Waals surface area contributed by atoms with Crippen molar-refractivity contribution in [1.29, 1.82) is 0 Å². The SMILES string of the molecule is CO[C@H]1OC(C(N)C(F)(F)F)CC[C@H]1N.CO[C@H]1OC(C(N)CO)CC[C@H]1N. The van der Waals surface area contributed by atoms with Crippen LogP contribution in [-0.4, -0.2) is 81.1 Å². The van der Waals surface area contributed by atoms with Crippen LogP contribution in [0, 0.1) is 0 Å². The van der Waals surface area contributed by atoms with E-state index in [0.717, 1.165) is 12.8 Å². The quantitative estimate of drug-likeness (QED) is 0.382. The predicted molar refractivity (Wildman–Crippen MR) is 94.9 cm³/mol. The maximum atomic E-state index is 12.3. The van der Waals surface area contributed by atoms with Gasteiger partial charge < -0.3 is 47.0 Å². The number of rotatable bonds is 5. The molecule has 28 heavy (non-hydrogen) atoms. The molecule has 0 radical (unpaired) electrons. The number of aliphatic hydroxyl groups is 1. The van der Waals surface area contributed by atoms with Gasteiger partial charge in [0.1, 0.15) is 6.04 Å². The summed E-state index contributed by atoms with van der Waals surface area (Å²) in [7, 11) is 2.89. The standard InChI is InChI=1S/C8H15F3N2O2.C8H18N2O3/c1-14-7-4(12)2-3-5(15-7)6(13)8(9,10)11;1-12-8-5(9)2-3-7(13-8)6(10)4-11/h4-7H,2-3,12-13H2,1H3;5-8,11H,2-4,9-10H2,1H3/t4-,5?,6?,7+;5-,6?,7?,8+/m11/s1. The van der Waals surface area contributed by atoms with Gasteiger partial charge in [-0.05, 0) is 25.7 Å². The van der Waals surface area contributed by atoms with E-state index in [2.05, 4.69) is 0 Å². The highest BCUT2D eigenvalue weighted by Crippen LogP contribution is 2.28. The summed E-state index contributed by atoms with van der Waals surface area (Å²) < 4.78 is 57.2. The molecule has 168 valence electrons. The molecule has 0 aromatic carbocycles. The fourth-order valence-electron chi connectivity index (χ4n) is 3.04. The fourth-order valence-corrected chi connectivity index (χ4v) is 3.04. The summed E-state index contributed by atoms with van der Waals surface area (Å²) >= 11 is 0. The van der Waals surface area contributed by atoms with E-state index in [4.69, 9.17) is 47.0 Å². The molecule has 2 rings (SSSR count). The lowest BCUT2D eigenvalue weighted by Crippen LogP contribution is -2.55. The molecule has 0 aromatic heterocycles. The molecule has 0 amide bonds. The van der Waals surface area contributed by atoms with Crippen LogP contribution in [-0.2, 0) is 18.9 Å². The highest BCUT2D eigenvalue weighted by atomic mass is 19.4. The normalized spacial score (nSPS) is 36.2. The van der Waals surface area contributed by atoms with Gasteiger partial charge in [-0.2, -0.15) is 13.2 Å². The number of hydrogen-bond donors (Lipinski definition) is 5. The van der Waals surface area contributed by atoms with E-state index >= 15 is 0 Å². The van der Waals surface area contributed by atoms with Crippen LogP contribution in [0.1, 0.15) is 25.7 Å². The second-order valence-electron chi connectivity index (χ2n) is 6.95. The molecule has 0 spiro atoms. The van der Waals surface area contributed by atoms with Crippen molar-refractivity contribution in [3.63, 3.8) is 0 Å². The topological polar surface area (TPSA) is 161 Å². The molecule has 0 saturated carbocycles. The van der Waals surface area contributed by atoms with Crippen LogP contribution >= 0.6 is 0 Å². The number of aliphatic hydroxyl groups excluding tert-OH is 1. The third-order valence-corrected chi connectivity index (χ3v) is 4.82. The Kier molecular flexibility index (Phi) is 10.5. The summed E-state index contributed by atoms with van der Waals surface area (Å²) in [6.07, 6.45) is -4.67. The van der Waals surface area contributed by atoms with E-state index < -0.39 is 36.9 Å². The third-order valence-electron chi connectivity index (χ3n) is 4.82. The molecule has 9 N–H and O–H groups in total. The molecule has 0 bridgehead atoms. The molecule has 2 fully saturated rings. The molecular formula is C16H33F3N4O5. The molecule has 2 saturated heterocycles. The van der Waals surface area contributed by atoms with E-state index in [1.165, 1.54) is 7.11 Å². The second-order valence-corrected chi connectivity index (χ2v) is 6.95. The van der Waals surface area contributed by atoms with E-state index in [0.29, 0.717) is 6.42 Å². The molecule has 2 aliphatic rings. The Morgan fingerprint density at radius 1 is 0.929 bits per heavy atom. The number of methoxy groups -OCH3 is 2. The second kappa shape index (κ2) is 11.6. The summed E-state index contributed by atoms with van der Waals surface area (Å²) in [6.45, 7) is -0.0731. The monoisotopic (exact) mass is 418 g/mol. The number of alkyl halides is 3. The lowest BCUT2D eigenvalue weighted by Gasteiger charge is -2.36. The highest BCUT2D eigenvalue weighted by Gasteiger charge is 2.45. The largest absolute Gasteiger partial charge is 0.406 e. The van der Waals surface area contributed by atoms with Crippen LogP contribution < -0.4 is 22.9 Å². The summed E-state index contributed by atoms with van der Waals surface area (Å²) in [4.78, 5) is 0. The van der Waals surface area contributed by atoms with Gasteiger partial charge in [-0.3, -0.25) is 0 Å². The minimum Gasteiger partial charge on any atom is -0.395 e. The average Bonchev–Trinajstić information content (AvgIpc) is 2.67. The van der Waals surface area contributed by atoms with Crippen molar-refractivity contribution in [2.24, 2.45) is 22.9 Å². The van der Waals surface area contributed by atoms with Crippen molar-refractivity contribution < 1.29 is 37.2 Å². The number of nitrogens with two attached hydrogens (primary N) is 4. The number of halogens is 3. The van der Waals surface area contributed by atoms with E-state index in [9.17, 15) is 13.2 Å². The van der Waals surface area contributed by atoms with Crippen LogP contribution in [0.4, 0.5) is 13.2 Å². The zero-order valence-corrected chi connectivity index (χ0v) is 16.2. The van der Waals surface area contributed by atoms with E-state index in [-0.39, 0.29) is 31.2 Å². The molecule has 4 unspecified atom stereocenters. The smallest absolute Gasteiger partial charge is 0.395 e. The van der Waals surface area contributed by atoms with Gasteiger partial charge in [0.05, 0.1) is 36.9 Å². The summed E-state index contributed by atoms with van der Waals surface area (Å²) in [5, 5.41) is 8.83. The first-order chi connectivity index (χ1) is 13.0. The summed E-state index contributed by atoms with van der Waals surface area (Å²) in [5.41, 5.74) is 22.0. The minimum atomic E-state index is -4.45. The lowest BCUT2D eigenvalue weighted by molar-refractivity contribution is -0.234. The Morgan fingerprint density at radius 2 is 1.36 bits per heavy atom. The molecule has 2 heterocycles. The van der Waals surface area contributed by atoms with Crippen LogP contribution in [0.15, 0.2) is 0 Å². The summed E-state index contributed by atoms with van der Waals surface area (Å²) in [5.74, 6) is 0. The van der Waals surface area contributed by atoms with Gasteiger partial charge in [0.25, 0.3) is 0 Å². The summed E-state index contributed by atoms with van der Waals surface area (Å²) in [6, 6.07) is -2.81. The van der Waals surface area contributed by atoms with Crippen LogP contribution in [0.5, 0.6) is 0 Å². The van der Waals surface area contributed by atoms with Crippen LogP contribution in [0.2, 0.25) is 0 Å². The predicted octanol–water partition coefficient (Wildman–Crippen LogP) is -0.860. The third kappa shape index (κ3) is 7.35. The van der Waals surface area contributed by atoms with Crippen molar-refractivity contribution in [2.45, 2.75) is 80.8 Å². The Balaban J connectivity index is 0.000000283. The molecule has 2 aliphatic heterocycles. The highest BCUT2D eigenvalue weighted by molar-refractivity contribution is 4.86. The molecular weight excluding hydrogens is 385 g/mol. The van der Waals surface area contributed by atoms with Gasteiger partial charge in [0.2, 0.25) is 0 Å². The van der Waals surface area contributed by atoms with Crippen LogP contribution in [0.25, 0.3) is 0 Å². The Morgan fingerprint density at radius 3 is 1.75 bits per heavy atom. The Labute approximate surface area is 162 Å². The van der Waals surface area contributed by atoms with Gasteiger partial charge in [-0.15, -0.1) is 0 Å². The molecule has 0 aliphatic carbocycles. The van der Waals surface area contributed by atoms with Crippen molar-refractivity contribution >= 4 is 0 Å². The molecule has 8 atom stereocenters. The fraction of sp³-hybridized carbons (Fsp3) is 1.00. The Bertz CT molecular complexity index is 449. The number of ether oxygens (including phenoxy) is 4. The first-order valence-electron chi connectivity index (χ1n) is 9.11. The average molecular weight is 418 g/mol. The van der Waals surface area contributed by atoms with Gasteiger partial charge >= 0.3 is 6.18 Å². The molecule has 12 heteroatoms.